The number of hydrogen-bond acceptors (Lipinski definition) is 4. The van der Waals surface area contributed by atoms with Gasteiger partial charge in [-0.1, -0.05) is 11.6 Å². The summed E-state index contributed by atoms with van der Waals surface area (Å²) < 4.78 is 27.2. The fourth-order valence-corrected chi connectivity index (χ4v) is 3.31. The lowest BCUT2D eigenvalue weighted by Gasteiger charge is -2.12. The number of aryl methyl sites for hydroxylation is 2. The van der Waals surface area contributed by atoms with Gasteiger partial charge in [0.25, 0.3) is 10.0 Å². The summed E-state index contributed by atoms with van der Waals surface area (Å²) in [6, 6.07) is 6.11. The lowest BCUT2D eigenvalue weighted by molar-refractivity contribution is 0.600. The Hall–Kier alpha value is -1.79. The van der Waals surface area contributed by atoms with E-state index < -0.39 is 10.0 Å². The highest BCUT2D eigenvalue weighted by Crippen LogP contribution is 2.27. The van der Waals surface area contributed by atoms with Crippen molar-refractivity contribution in [1.82, 2.24) is 4.98 Å². The number of nitrogen functional groups attached to an aromatic ring is 1. The molecule has 0 unspecified atom stereocenters. The molecule has 1 aromatic carbocycles. The number of rotatable bonds is 3. The monoisotopic (exact) mass is 311 g/mol. The summed E-state index contributed by atoms with van der Waals surface area (Å²) in [6.45, 7) is 3.45. The van der Waals surface area contributed by atoms with Gasteiger partial charge in [0.05, 0.1) is 21.3 Å². The highest BCUT2D eigenvalue weighted by molar-refractivity contribution is 7.92. The molecule has 2 rings (SSSR count). The van der Waals surface area contributed by atoms with Crippen LogP contribution >= 0.6 is 11.6 Å². The van der Waals surface area contributed by atoms with Crippen LogP contribution in [0.1, 0.15) is 11.3 Å². The largest absolute Gasteiger partial charge is 0.397 e. The zero-order valence-corrected chi connectivity index (χ0v) is 12.6. The van der Waals surface area contributed by atoms with Crippen LogP contribution in [-0.2, 0) is 10.0 Å². The van der Waals surface area contributed by atoms with E-state index >= 15 is 0 Å². The van der Waals surface area contributed by atoms with Gasteiger partial charge < -0.3 is 5.73 Å². The predicted octanol–water partition coefficient (Wildman–Crippen LogP) is 2.73. The number of nitrogens with one attached hydrogen (secondary N) is 1. The van der Waals surface area contributed by atoms with Crippen molar-refractivity contribution in [1.29, 1.82) is 0 Å². The molecule has 0 aliphatic heterocycles. The van der Waals surface area contributed by atoms with E-state index in [9.17, 15) is 8.42 Å². The van der Waals surface area contributed by atoms with Crippen molar-refractivity contribution in [2.45, 2.75) is 18.7 Å². The molecule has 0 atom stereocenters. The van der Waals surface area contributed by atoms with Crippen LogP contribution in [0.15, 0.2) is 35.4 Å². The first-order valence-corrected chi connectivity index (χ1v) is 7.67. The zero-order valence-electron chi connectivity index (χ0n) is 11.0. The highest BCUT2D eigenvalue weighted by Gasteiger charge is 2.18. The first kappa shape index (κ1) is 14.6. The summed E-state index contributed by atoms with van der Waals surface area (Å²) in [4.78, 5) is 4.12. The number of pyridine rings is 1. The van der Waals surface area contributed by atoms with E-state index in [1.807, 2.05) is 0 Å². The van der Waals surface area contributed by atoms with Crippen LogP contribution in [0.25, 0.3) is 0 Å². The third-order valence-electron chi connectivity index (χ3n) is 2.73. The molecule has 1 heterocycles. The van der Waals surface area contributed by atoms with Crippen LogP contribution in [0.5, 0.6) is 0 Å². The number of nitrogens with zero attached hydrogens (tertiary/aromatic N) is 1. The van der Waals surface area contributed by atoms with Crippen LogP contribution < -0.4 is 10.5 Å². The molecule has 0 saturated carbocycles. The topological polar surface area (TPSA) is 85.1 Å². The molecule has 3 N–H and O–H groups in total. The summed E-state index contributed by atoms with van der Waals surface area (Å²) in [7, 11) is -3.72. The number of benzene rings is 1. The highest BCUT2D eigenvalue weighted by atomic mass is 35.5. The Labute approximate surface area is 122 Å². The molecule has 0 aliphatic rings. The van der Waals surface area contributed by atoms with Crippen molar-refractivity contribution in [3.05, 3.63) is 46.7 Å². The number of sulfonamides is 1. The lowest BCUT2D eigenvalue weighted by Crippen LogP contribution is -2.15. The normalized spacial score (nSPS) is 11.3. The zero-order chi connectivity index (χ0) is 14.9. The maximum absolute atomic E-state index is 12.4. The molecule has 0 aliphatic carbocycles. The molecule has 106 valence electrons. The Kier molecular flexibility index (Phi) is 3.87. The molecule has 0 amide bonds. The first-order valence-electron chi connectivity index (χ1n) is 5.81. The molecule has 0 radical (unpaired) electrons. The maximum atomic E-state index is 12.4. The molecule has 2 aromatic rings. The number of hydrogen-bond donors (Lipinski definition) is 2. The molecule has 1 aromatic heterocycles. The van der Waals surface area contributed by atoms with Crippen molar-refractivity contribution >= 4 is 33.0 Å². The van der Waals surface area contributed by atoms with Crippen molar-refractivity contribution in [3.8, 4) is 0 Å². The van der Waals surface area contributed by atoms with E-state index in [2.05, 4.69) is 9.71 Å². The van der Waals surface area contributed by atoms with Gasteiger partial charge in [0.1, 0.15) is 0 Å². The quantitative estimate of drug-likeness (QED) is 0.853. The second-order valence-electron chi connectivity index (χ2n) is 4.43. The Morgan fingerprint density at radius 1 is 1.25 bits per heavy atom. The van der Waals surface area contributed by atoms with E-state index in [0.29, 0.717) is 16.3 Å². The van der Waals surface area contributed by atoms with Gasteiger partial charge in [-0.05, 0) is 43.7 Å². The van der Waals surface area contributed by atoms with Gasteiger partial charge in [-0.15, -0.1) is 0 Å². The number of nitrogens with two attached hydrogens (primary N) is 1. The van der Waals surface area contributed by atoms with Crippen LogP contribution in [0.3, 0.4) is 0 Å². The van der Waals surface area contributed by atoms with Crippen molar-refractivity contribution < 1.29 is 8.42 Å². The van der Waals surface area contributed by atoms with Crippen LogP contribution in [-0.4, -0.2) is 13.4 Å². The minimum atomic E-state index is -3.72. The number of halogens is 1. The average molecular weight is 312 g/mol. The van der Waals surface area contributed by atoms with Gasteiger partial charge in [-0.2, -0.15) is 0 Å². The molecule has 7 heteroatoms. The summed E-state index contributed by atoms with van der Waals surface area (Å²) in [5, 5.41) is 0.334. The molecular weight excluding hydrogens is 298 g/mol. The van der Waals surface area contributed by atoms with Crippen molar-refractivity contribution in [3.63, 3.8) is 0 Å². The third-order valence-corrected chi connectivity index (χ3v) is 4.58. The second kappa shape index (κ2) is 5.30. The lowest BCUT2D eigenvalue weighted by atomic mass is 10.2. The van der Waals surface area contributed by atoms with E-state index in [1.165, 1.54) is 18.3 Å². The Morgan fingerprint density at radius 2 is 1.95 bits per heavy atom. The van der Waals surface area contributed by atoms with E-state index in [4.69, 9.17) is 17.3 Å². The average Bonchev–Trinajstić information content (AvgIpc) is 2.33. The number of anilines is 2. The molecule has 5 nitrogen and oxygen atoms in total. The van der Waals surface area contributed by atoms with Gasteiger partial charge in [0.2, 0.25) is 0 Å². The predicted molar refractivity (Wildman–Crippen MR) is 80.4 cm³/mol. The summed E-state index contributed by atoms with van der Waals surface area (Å²) in [5.74, 6) is 0. The van der Waals surface area contributed by atoms with Gasteiger partial charge >= 0.3 is 0 Å². The van der Waals surface area contributed by atoms with Crippen LogP contribution in [0, 0.1) is 13.8 Å². The third kappa shape index (κ3) is 3.02. The molecule has 0 saturated heterocycles. The van der Waals surface area contributed by atoms with Crippen LogP contribution in [0.4, 0.5) is 11.4 Å². The summed E-state index contributed by atoms with van der Waals surface area (Å²) >= 11 is 5.87. The van der Waals surface area contributed by atoms with Crippen molar-refractivity contribution in [2.24, 2.45) is 0 Å². The molecular formula is C13H14ClN3O2S. The van der Waals surface area contributed by atoms with Crippen LogP contribution in [0.2, 0.25) is 5.02 Å². The second-order valence-corrected chi connectivity index (χ2v) is 6.49. The smallest absolute Gasteiger partial charge is 0.262 e. The fraction of sp³-hybridized carbons (Fsp3) is 0.154. The SMILES string of the molecule is Cc1cc(NS(=O)(=O)c2cc(N)c(Cl)cc2C)ccn1. The molecule has 20 heavy (non-hydrogen) atoms. The minimum absolute atomic E-state index is 0.105. The molecule has 0 spiro atoms. The molecule has 0 bridgehead atoms. The Bertz CT molecular complexity index is 760. The van der Waals surface area contributed by atoms with E-state index in [0.717, 1.165) is 5.69 Å². The molecule has 0 fully saturated rings. The Morgan fingerprint density at radius 3 is 2.60 bits per heavy atom. The summed E-state index contributed by atoms with van der Waals surface area (Å²) in [5.41, 5.74) is 7.59. The number of aromatic nitrogens is 1. The standard InChI is InChI=1S/C13H14ClN3O2S/c1-8-5-11(14)12(15)7-13(8)20(18,19)17-10-3-4-16-9(2)6-10/h3-7H,15H2,1-2H3,(H,16,17). The first-order chi connectivity index (χ1) is 9.29. The Balaban J connectivity index is 2.43. The van der Waals surface area contributed by atoms with E-state index in [1.54, 1.807) is 26.0 Å². The van der Waals surface area contributed by atoms with E-state index in [-0.39, 0.29) is 10.6 Å². The fourth-order valence-electron chi connectivity index (χ4n) is 1.78. The van der Waals surface area contributed by atoms with Gasteiger partial charge in [-0.3, -0.25) is 9.71 Å². The summed E-state index contributed by atoms with van der Waals surface area (Å²) in [6.07, 6.45) is 1.54. The van der Waals surface area contributed by atoms with Gasteiger partial charge in [0, 0.05) is 11.9 Å². The minimum Gasteiger partial charge on any atom is -0.397 e. The van der Waals surface area contributed by atoms with Gasteiger partial charge in [0.15, 0.2) is 0 Å². The van der Waals surface area contributed by atoms with Crippen molar-refractivity contribution in [2.75, 3.05) is 10.5 Å². The van der Waals surface area contributed by atoms with Gasteiger partial charge in [-0.25, -0.2) is 8.42 Å². The maximum Gasteiger partial charge on any atom is 0.262 e.